The van der Waals surface area contributed by atoms with E-state index in [4.69, 9.17) is 4.74 Å². The largest absolute Gasteiger partial charge is 0.508 e. The summed E-state index contributed by atoms with van der Waals surface area (Å²) in [5.41, 5.74) is 1.00. The van der Waals surface area contributed by atoms with Crippen molar-refractivity contribution in [3.05, 3.63) is 23.8 Å². The lowest BCUT2D eigenvalue weighted by Crippen LogP contribution is -2.41. The normalized spacial score (nSPS) is 21.5. The molecule has 0 amide bonds. The van der Waals surface area contributed by atoms with Crippen LogP contribution in [0.1, 0.15) is 45.7 Å². The quantitative estimate of drug-likeness (QED) is 0.891. The van der Waals surface area contributed by atoms with Gasteiger partial charge in [0.25, 0.3) is 0 Å². The van der Waals surface area contributed by atoms with Crippen molar-refractivity contribution in [2.75, 3.05) is 13.1 Å². The standard InChI is InChI=1S/C15H23NO2/c1-5-16(6-2)13-10-15(3,4)18-14-9-11(17)7-8-12(13)14/h7-9,13,17H,5-6,10H2,1-4H3. The van der Waals surface area contributed by atoms with E-state index >= 15 is 0 Å². The van der Waals surface area contributed by atoms with Gasteiger partial charge in [0.1, 0.15) is 17.1 Å². The lowest BCUT2D eigenvalue weighted by Gasteiger charge is -2.42. The van der Waals surface area contributed by atoms with Crippen LogP contribution in [0, 0.1) is 0 Å². The molecule has 0 radical (unpaired) electrons. The second-order valence-electron chi connectivity index (χ2n) is 5.53. The van der Waals surface area contributed by atoms with Gasteiger partial charge in [-0.1, -0.05) is 19.9 Å². The minimum Gasteiger partial charge on any atom is -0.508 e. The Morgan fingerprint density at radius 2 is 2.00 bits per heavy atom. The van der Waals surface area contributed by atoms with Gasteiger partial charge >= 0.3 is 0 Å². The summed E-state index contributed by atoms with van der Waals surface area (Å²) in [4.78, 5) is 2.44. The van der Waals surface area contributed by atoms with Gasteiger partial charge in [-0.05, 0) is 33.0 Å². The highest BCUT2D eigenvalue weighted by molar-refractivity contribution is 5.44. The molecule has 1 heterocycles. The second kappa shape index (κ2) is 4.81. The van der Waals surface area contributed by atoms with Crippen molar-refractivity contribution >= 4 is 0 Å². The Labute approximate surface area is 109 Å². The topological polar surface area (TPSA) is 32.7 Å². The first-order valence-corrected chi connectivity index (χ1v) is 6.73. The van der Waals surface area contributed by atoms with Crippen LogP contribution < -0.4 is 4.74 Å². The van der Waals surface area contributed by atoms with Crippen LogP contribution >= 0.6 is 0 Å². The summed E-state index contributed by atoms with van der Waals surface area (Å²) in [5.74, 6) is 1.09. The molecule has 0 bridgehead atoms. The van der Waals surface area contributed by atoms with Crippen molar-refractivity contribution in [2.45, 2.75) is 45.8 Å². The average molecular weight is 249 g/mol. The van der Waals surface area contributed by atoms with E-state index < -0.39 is 0 Å². The average Bonchev–Trinajstić information content (AvgIpc) is 2.28. The van der Waals surface area contributed by atoms with E-state index in [0.717, 1.165) is 25.3 Å². The Bertz CT molecular complexity index is 425. The number of hydrogen-bond acceptors (Lipinski definition) is 3. The van der Waals surface area contributed by atoms with Crippen LogP contribution in [0.3, 0.4) is 0 Å². The molecule has 1 N–H and O–H groups in total. The number of hydrogen-bond donors (Lipinski definition) is 1. The maximum atomic E-state index is 9.60. The molecule has 1 aromatic rings. The maximum absolute atomic E-state index is 9.60. The first-order valence-electron chi connectivity index (χ1n) is 6.73. The number of nitrogens with zero attached hydrogens (tertiary/aromatic N) is 1. The van der Waals surface area contributed by atoms with Gasteiger partial charge in [-0.3, -0.25) is 4.90 Å². The van der Waals surface area contributed by atoms with E-state index in [1.54, 1.807) is 12.1 Å². The third-order valence-corrected chi connectivity index (χ3v) is 3.68. The lowest BCUT2D eigenvalue weighted by molar-refractivity contribution is 0.0326. The van der Waals surface area contributed by atoms with E-state index in [1.807, 2.05) is 6.07 Å². The number of fused-ring (bicyclic) bond motifs is 1. The summed E-state index contributed by atoms with van der Waals surface area (Å²) < 4.78 is 5.98. The highest BCUT2D eigenvalue weighted by Crippen LogP contribution is 2.43. The highest BCUT2D eigenvalue weighted by Gasteiger charge is 2.36. The van der Waals surface area contributed by atoms with Gasteiger partial charge in [-0.25, -0.2) is 0 Å². The zero-order valence-electron chi connectivity index (χ0n) is 11.7. The molecule has 1 aromatic carbocycles. The van der Waals surface area contributed by atoms with E-state index in [0.29, 0.717) is 6.04 Å². The smallest absolute Gasteiger partial charge is 0.128 e. The summed E-state index contributed by atoms with van der Waals surface area (Å²) in [5, 5.41) is 9.60. The van der Waals surface area contributed by atoms with Gasteiger partial charge in [0.2, 0.25) is 0 Å². The van der Waals surface area contributed by atoms with Crippen LogP contribution in [0.5, 0.6) is 11.5 Å². The van der Waals surface area contributed by atoms with Crippen molar-refractivity contribution in [1.82, 2.24) is 4.90 Å². The summed E-state index contributed by atoms with van der Waals surface area (Å²) >= 11 is 0. The molecule has 0 aliphatic carbocycles. The van der Waals surface area contributed by atoms with Crippen molar-refractivity contribution in [3.8, 4) is 11.5 Å². The van der Waals surface area contributed by atoms with Gasteiger partial charge in [0.15, 0.2) is 0 Å². The number of rotatable bonds is 3. The molecule has 0 spiro atoms. The van der Waals surface area contributed by atoms with Crippen LogP contribution in [0.25, 0.3) is 0 Å². The molecule has 2 rings (SSSR count). The molecule has 0 saturated carbocycles. The molecular formula is C15H23NO2. The molecule has 1 aliphatic heterocycles. The lowest BCUT2D eigenvalue weighted by atomic mass is 9.88. The van der Waals surface area contributed by atoms with Crippen LogP contribution in [0.2, 0.25) is 0 Å². The zero-order valence-corrected chi connectivity index (χ0v) is 11.7. The zero-order chi connectivity index (χ0) is 13.3. The molecule has 0 aromatic heterocycles. The van der Waals surface area contributed by atoms with Crippen LogP contribution in [0.15, 0.2) is 18.2 Å². The van der Waals surface area contributed by atoms with Crippen LogP contribution in [-0.2, 0) is 0 Å². The third-order valence-electron chi connectivity index (χ3n) is 3.68. The third kappa shape index (κ3) is 2.46. The monoisotopic (exact) mass is 249 g/mol. The van der Waals surface area contributed by atoms with Crippen molar-refractivity contribution in [1.29, 1.82) is 0 Å². The van der Waals surface area contributed by atoms with Crippen molar-refractivity contribution in [2.24, 2.45) is 0 Å². The van der Waals surface area contributed by atoms with Gasteiger partial charge in [0, 0.05) is 24.1 Å². The molecule has 0 saturated heterocycles. The van der Waals surface area contributed by atoms with Crippen molar-refractivity contribution in [3.63, 3.8) is 0 Å². The Balaban J connectivity index is 2.43. The second-order valence-corrected chi connectivity index (χ2v) is 5.53. The Kier molecular flexibility index (Phi) is 3.53. The van der Waals surface area contributed by atoms with Gasteiger partial charge < -0.3 is 9.84 Å². The van der Waals surface area contributed by atoms with Gasteiger partial charge in [0.05, 0.1) is 0 Å². The predicted molar refractivity (Wildman–Crippen MR) is 73.1 cm³/mol. The molecule has 0 fully saturated rings. The number of phenolic OH excluding ortho intramolecular Hbond substituents is 1. The molecule has 18 heavy (non-hydrogen) atoms. The van der Waals surface area contributed by atoms with Gasteiger partial charge in [-0.15, -0.1) is 0 Å². The van der Waals surface area contributed by atoms with E-state index in [9.17, 15) is 5.11 Å². The number of aromatic hydroxyl groups is 1. The number of benzene rings is 1. The summed E-state index contributed by atoms with van der Waals surface area (Å²) in [6.07, 6.45) is 0.979. The van der Waals surface area contributed by atoms with E-state index in [2.05, 4.69) is 32.6 Å². The SMILES string of the molecule is CCN(CC)C1CC(C)(C)Oc2cc(O)ccc21. The number of phenols is 1. The fraction of sp³-hybridized carbons (Fsp3) is 0.600. The minimum atomic E-state index is -0.186. The summed E-state index contributed by atoms with van der Waals surface area (Å²) in [7, 11) is 0. The molecule has 1 unspecified atom stereocenters. The first-order chi connectivity index (χ1) is 8.46. The van der Waals surface area contributed by atoms with E-state index in [1.165, 1.54) is 5.56 Å². The highest BCUT2D eigenvalue weighted by atomic mass is 16.5. The summed E-state index contributed by atoms with van der Waals surface area (Å²) in [6, 6.07) is 5.84. The first kappa shape index (κ1) is 13.2. The van der Waals surface area contributed by atoms with Crippen LogP contribution in [0.4, 0.5) is 0 Å². The molecule has 100 valence electrons. The molecular weight excluding hydrogens is 226 g/mol. The fourth-order valence-corrected chi connectivity index (χ4v) is 2.79. The maximum Gasteiger partial charge on any atom is 0.128 e. The predicted octanol–water partition coefficient (Wildman–Crippen LogP) is 3.34. The molecule has 1 aliphatic rings. The Morgan fingerprint density at radius 1 is 1.33 bits per heavy atom. The Hall–Kier alpha value is -1.22. The Morgan fingerprint density at radius 3 is 2.61 bits per heavy atom. The molecule has 1 atom stereocenters. The molecule has 3 heteroatoms. The summed E-state index contributed by atoms with van der Waals surface area (Å²) in [6.45, 7) is 10.6. The minimum absolute atomic E-state index is 0.186. The van der Waals surface area contributed by atoms with Crippen molar-refractivity contribution < 1.29 is 9.84 Å². The number of ether oxygens (including phenoxy) is 1. The van der Waals surface area contributed by atoms with E-state index in [-0.39, 0.29) is 11.4 Å². The molecule has 3 nitrogen and oxygen atoms in total. The fourth-order valence-electron chi connectivity index (χ4n) is 2.79. The van der Waals surface area contributed by atoms with Gasteiger partial charge in [-0.2, -0.15) is 0 Å². The van der Waals surface area contributed by atoms with Crippen LogP contribution in [-0.4, -0.2) is 28.7 Å².